The van der Waals surface area contributed by atoms with E-state index in [4.69, 9.17) is 16.3 Å². The largest absolute Gasteiger partial charge is 0.477 e. The second-order valence-electron chi connectivity index (χ2n) is 6.73. The van der Waals surface area contributed by atoms with Crippen LogP contribution in [0.15, 0.2) is 42.5 Å². The van der Waals surface area contributed by atoms with Crippen molar-refractivity contribution in [3.8, 4) is 5.88 Å². The summed E-state index contributed by atoms with van der Waals surface area (Å²) in [4.78, 5) is 16.8. The molecule has 2 aromatic rings. The number of hydrogen-bond acceptors (Lipinski definition) is 3. The lowest BCUT2D eigenvalue weighted by Crippen LogP contribution is -2.36. The smallest absolute Gasteiger partial charge is 0.256 e. The lowest BCUT2D eigenvalue weighted by molar-refractivity contribution is 0.0922. The van der Waals surface area contributed by atoms with Crippen LogP contribution in [0.3, 0.4) is 0 Å². The third kappa shape index (κ3) is 5.46. The molecular weight excluding hydrogens is 348 g/mol. The van der Waals surface area contributed by atoms with E-state index in [9.17, 15) is 4.79 Å². The van der Waals surface area contributed by atoms with Crippen LogP contribution in [-0.2, 0) is 6.42 Å². The third-order valence-electron chi connectivity index (χ3n) is 4.70. The molecule has 0 unspecified atom stereocenters. The SMILES string of the molecule is O=C(NC1CCCCC1)c1ccc(Cl)nc1OCCCc1ccccc1. The van der Waals surface area contributed by atoms with Crippen molar-refractivity contribution in [3.05, 3.63) is 58.7 Å². The van der Waals surface area contributed by atoms with Gasteiger partial charge < -0.3 is 10.1 Å². The summed E-state index contributed by atoms with van der Waals surface area (Å²) in [5, 5.41) is 3.44. The summed E-state index contributed by atoms with van der Waals surface area (Å²) in [6, 6.07) is 13.8. The fraction of sp³-hybridized carbons (Fsp3) is 0.429. The van der Waals surface area contributed by atoms with Crippen molar-refractivity contribution in [2.45, 2.75) is 51.0 Å². The Bertz CT molecular complexity index is 715. The van der Waals surface area contributed by atoms with E-state index in [1.807, 2.05) is 18.2 Å². The van der Waals surface area contributed by atoms with Crippen LogP contribution in [-0.4, -0.2) is 23.5 Å². The number of aryl methyl sites for hydroxylation is 1. The number of benzene rings is 1. The van der Waals surface area contributed by atoms with Crippen LogP contribution in [0.25, 0.3) is 0 Å². The van der Waals surface area contributed by atoms with Gasteiger partial charge in [-0.15, -0.1) is 0 Å². The first-order valence-corrected chi connectivity index (χ1v) is 9.74. The Morgan fingerprint density at radius 3 is 2.65 bits per heavy atom. The Balaban J connectivity index is 1.57. The van der Waals surface area contributed by atoms with E-state index in [1.54, 1.807) is 12.1 Å². The highest BCUT2D eigenvalue weighted by molar-refractivity contribution is 6.29. The molecule has 138 valence electrons. The quantitative estimate of drug-likeness (QED) is 0.560. The molecule has 1 aliphatic rings. The highest BCUT2D eigenvalue weighted by atomic mass is 35.5. The van der Waals surface area contributed by atoms with Crippen molar-refractivity contribution in [1.29, 1.82) is 0 Å². The second-order valence-corrected chi connectivity index (χ2v) is 7.12. The van der Waals surface area contributed by atoms with Gasteiger partial charge in [-0.2, -0.15) is 0 Å². The monoisotopic (exact) mass is 372 g/mol. The fourth-order valence-electron chi connectivity index (χ4n) is 3.30. The first-order valence-electron chi connectivity index (χ1n) is 9.36. The van der Waals surface area contributed by atoms with Crippen molar-refractivity contribution in [3.63, 3.8) is 0 Å². The molecule has 4 nitrogen and oxygen atoms in total. The molecule has 1 heterocycles. The van der Waals surface area contributed by atoms with Crippen LogP contribution >= 0.6 is 11.6 Å². The Kier molecular flexibility index (Phi) is 6.89. The van der Waals surface area contributed by atoms with Gasteiger partial charge in [0.15, 0.2) is 0 Å². The van der Waals surface area contributed by atoms with Crippen LogP contribution in [0.4, 0.5) is 0 Å². The molecule has 26 heavy (non-hydrogen) atoms. The molecule has 5 heteroatoms. The average Bonchev–Trinajstić information content (AvgIpc) is 2.67. The molecular formula is C21H25ClN2O2. The average molecular weight is 373 g/mol. The van der Waals surface area contributed by atoms with Crippen molar-refractivity contribution in [1.82, 2.24) is 10.3 Å². The summed E-state index contributed by atoms with van der Waals surface area (Å²) < 4.78 is 5.79. The maximum atomic E-state index is 12.6. The Labute approximate surface area is 159 Å². The highest BCUT2D eigenvalue weighted by Gasteiger charge is 2.20. The lowest BCUT2D eigenvalue weighted by Gasteiger charge is -2.23. The van der Waals surface area contributed by atoms with Crippen LogP contribution in [0.5, 0.6) is 5.88 Å². The molecule has 3 rings (SSSR count). The van der Waals surface area contributed by atoms with E-state index in [2.05, 4.69) is 22.4 Å². The number of hydrogen-bond donors (Lipinski definition) is 1. The number of carbonyl (C=O) groups is 1. The Morgan fingerprint density at radius 1 is 1.12 bits per heavy atom. The molecule has 1 aliphatic carbocycles. The number of rotatable bonds is 7. The molecule has 1 aromatic heterocycles. The number of halogens is 1. The summed E-state index contributed by atoms with van der Waals surface area (Å²) in [6.45, 7) is 0.492. The van der Waals surface area contributed by atoms with Crippen LogP contribution in [0.1, 0.15) is 54.4 Å². The van der Waals surface area contributed by atoms with Gasteiger partial charge >= 0.3 is 0 Å². The van der Waals surface area contributed by atoms with Crippen molar-refractivity contribution in [2.75, 3.05) is 6.61 Å². The minimum absolute atomic E-state index is 0.126. The van der Waals surface area contributed by atoms with Crippen molar-refractivity contribution in [2.24, 2.45) is 0 Å². The molecule has 1 N–H and O–H groups in total. The molecule has 0 aliphatic heterocycles. The molecule has 1 saturated carbocycles. The zero-order chi connectivity index (χ0) is 18.2. The number of nitrogens with one attached hydrogen (secondary N) is 1. The minimum atomic E-state index is -0.126. The number of pyridine rings is 1. The minimum Gasteiger partial charge on any atom is -0.477 e. The normalized spacial score (nSPS) is 14.8. The number of aromatic nitrogens is 1. The van der Waals surface area contributed by atoms with Crippen LogP contribution < -0.4 is 10.1 Å². The van der Waals surface area contributed by atoms with Gasteiger partial charge in [-0.3, -0.25) is 4.79 Å². The maximum Gasteiger partial charge on any atom is 0.256 e. The predicted molar refractivity (Wildman–Crippen MR) is 104 cm³/mol. The van der Waals surface area contributed by atoms with E-state index in [1.165, 1.54) is 24.8 Å². The zero-order valence-corrected chi connectivity index (χ0v) is 15.7. The predicted octanol–water partition coefficient (Wildman–Crippen LogP) is 4.81. The van der Waals surface area contributed by atoms with E-state index < -0.39 is 0 Å². The van der Waals surface area contributed by atoms with E-state index in [0.717, 1.165) is 25.7 Å². The van der Waals surface area contributed by atoms with Gasteiger partial charge in [0.2, 0.25) is 5.88 Å². The van der Waals surface area contributed by atoms with Crippen molar-refractivity contribution >= 4 is 17.5 Å². The first-order chi connectivity index (χ1) is 12.7. The van der Waals surface area contributed by atoms with Crippen LogP contribution in [0.2, 0.25) is 5.15 Å². The second kappa shape index (κ2) is 9.58. The molecule has 0 bridgehead atoms. The van der Waals surface area contributed by atoms with Gasteiger partial charge in [0.05, 0.1) is 6.61 Å². The van der Waals surface area contributed by atoms with E-state index in [-0.39, 0.29) is 11.9 Å². The molecule has 1 fully saturated rings. The fourth-order valence-corrected chi connectivity index (χ4v) is 3.44. The zero-order valence-electron chi connectivity index (χ0n) is 14.9. The van der Waals surface area contributed by atoms with Gasteiger partial charge in [0.25, 0.3) is 5.91 Å². The third-order valence-corrected chi connectivity index (χ3v) is 4.91. The molecule has 1 amide bonds. The van der Waals surface area contributed by atoms with Gasteiger partial charge in [-0.1, -0.05) is 61.2 Å². The number of ether oxygens (including phenoxy) is 1. The Hall–Kier alpha value is -2.07. The molecule has 1 aromatic carbocycles. The topological polar surface area (TPSA) is 51.2 Å². The molecule has 0 radical (unpaired) electrons. The van der Waals surface area contributed by atoms with E-state index >= 15 is 0 Å². The summed E-state index contributed by atoms with van der Waals surface area (Å²) in [6.07, 6.45) is 7.46. The summed E-state index contributed by atoms with van der Waals surface area (Å²) in [5.41, 5.74) is 1.73. The summed E-state index contributed by atoms with van der Waals surface area (Å²) in [5.74, 6) is 0.193. The van der Waals surface area contributed by atoms with Gasteiger partial charge in [0, 0.05) is 6.04 Å². The van der Waals surface area contributed by atoms with Crippen molar-refractivity contribution < 1.29 is 9.53 Å². The molecule has 0 spiro atoms. The van der Waals surface area contributed by atoms with Crippen LogP contribution in [0, 0.1) is 0 Å². The standard InChI is InChI=1S/C21H25ClN2O2/c22-19-14-13-18(20(25)23-17-11-5-2-6-12-17)21(24-19)26-15-7-10-16-8-3-1-4-9-16/h1,3-4,8-9,13-14,17H,2,5-7,10-12,15H2,(H,23,25). The van der Waals surface area contributed by atoms with Gasteiger partial charge in [-0.25, -0.2) is 4.98 Å². The lowest BCUT2D eigenvalue weighted by atomic mass is 9.95. The summed E-state index contributed by atoms with van der Waals surface area (Å²) >= 11 is 6.00. The number of nitrogens with zero attached hydrogens (tertiary/aromatic N) is 1. The summed E-state index contributed by atoms with van der Waals surface area (Å²) in [7, 11) is 0. The van der Waals surface area contributed by atoms with E-state index in [0.29, 0.717) is 23.2 Å². The number of carbonyl (C=O) groups excluding carboxylic acids is 1. The highest BCUT2D eigenvalue weighted by Crippen LogP contribution is 2.22. The van der Waals surface area contributed by atoms with Gasteiger partial charge in [0.1, 0.15) is 10.7 Å². The Morgan fingerprint density at radius 2 is 1.88 bits per heavy atom. The molecule has 0 atom stereocenters. The first kappa shape index (κ1) is 18.7. The maximum absolute atomic E-state index is 12.6. The van der Waals surface area contributed by atoms with Gasteiger partial charge in [-0.05, 0) is 43.4 Å². The molecule has 0 saturated heterocycles. The number of amides is 1.